The first-order valence-electron chi connectivity index (χ1n) is 12.6. The van der Waals surface area contributed by atoms with Crippen LogP contribution in [0, 0.1) is 0 Å². The highest BCUT2D eigenvalue weighted by molar-refractivity contribution is 4.88. The van der Waals surface area contributed by atoms with Gasteiger partial charge in [0.1, 0.15) is 24.4 Å². The van der Waals surface area contributed by atoms with Gasteiger partial charge in [-0.25, -0.2) is 0 Å². The topological polar surface area (TPSA) is 79.2 Å². The van der Waals surface area contributed by atoms with Gasteiger partial charge in [0, 0.05) is 6.61 Å². The van der Waals surface area contributed by atoms with E-state index in [4.69, 9.17) is 14.6 Å². The standard InChI is InChI=1S/C25H48O5/c1-2-3-4-5-6-7-8-9-10-11-12-13-14-15-16-17-18-19-29-23-21-30-25(24(23)28)22(27)20-26/h4-5,22-28H,2-3,6-21H2,1H3/b5-4+/t22-,23+,24+,25+/m1/s1. The maximum Gasteiger partial charge on any atom is 0.114 e. The second-order valence-electron chi connectivity index (χ2n) is 8.74. The molecule has 1 fully saturated rings. The molecule has 1 saturated heterocycles. The van der Waals surface area contributed by atoms with Gasteiger partial charge in [0.15, 0.2) is 0 Å². The number of aliphatic hydroxyl groups excluding tert-OH is 3. The molecule has 0 aromatic heterocycles. The molecule has 178 valence electrons. The van der Waals surface area contributed by atoms with Crippen LogP contribution in [-0.2, 0) is 9.47 Å². The second-order valence-corrected chi connectivity index (χ2v) is 8.74. The Morgan fingerprint density at radius 3 is 1.97 bits per heavy atom. The van der Waals surface area contributed by atoms with E-state index in [1.807, 2.05) is 0 Å². The van der Waals surface area contributed by atoms with Crippen molar-refractivity contribution in [3.05, 3.63) is 12.2 Å². The fourth-order valence-electron chi connectivity index (χ4n) is 3.97. The molecule has 5 heteroatoms. The average Bonchev–Trinajstić information content (AvgIpc) is 3.12. The highest BCUT2D eigenvalue weighted by atomic mass is 16.6. The van der Waals surface area contributed by atoms with Crippen LogP contribution in [0.2, 0.25) is 0 Å². The third-order valence-electron chi connectivity index (χ3n) is 5.96. The monoisotopic (exact) mass is 428 g/mol. The van der Waals surface area contributed by atoms with Crippen LogP contribution in [0.1, 0.15) is 103 Å². The highest BCUT2D eigenvalue weighted by Gasteiger charge is 2.40. The zero-order valence-electron chi connectivity index (χ0n) is 19.4. The van der Waals surface area contributed by atoms with Crippen LogP contribution in [0.5, 0.6) is 0 Å². The summed E-state index contributed by atoms with van der Waals surface area (Å²) < 4.78 is 11.0. The first-order valence-corrected chi connectivity index (χ1v) is 12.6. The van der Waals surface area contributed by atoms with Crippen LogP contribution in [-0.4, -0.2) is 59.6 Å². The van der Waals surface area contributed by atoms with Gasteiger partial charge in [-0.1, -0.05) is 89.7 Å². The third kappa shape index (κ3) is 13.1. The number of hydrogen-bond acceptors (Lipinski definition) is 5. The summed E-state index contributed by atoms with van der Waals surface area (Å²) in [6.07, 6.45) is 21.0. The summed E-state index contributed by atoms with van der Waals surface area (Å²) in [5, 5.41) is 28.6. The maximum atomic E-state index is 10.1. The molecule has 0 bridgehead atoms. The summed E-state index contributed by atoms with van der Waals surface area (Å²) in [4.78, 5) is 0. The Bertz CT molecular complexity index is 401. The maximum absolute atomic E-state index is 10.1. The molecule has 0 aromatic rings. The van der Waals surface area contributed by atoms with Crippen LogP contribution in [0.3, 0.4) is 0 Å². The van der Waals surface area contributed by atoms with Crippen molar-refractivity contribution in [2.24, 2.45) is 0 Å². The number of ether oxygens (including phenoxy) is 2. The number of aliphatic hydroxyl groups is 3. The van der Waals surface area contributed by atoms with E-state index in [1.165, 1.54) is 83.5 Å². The van der Waals surface area contributed by atoms with Crippen LogP contribution < -0.4 is 0 Å². The Kier molecular flexibility index (Phi) is 17.7. The minimum absolute atomic E-state index is 0.277. The fraction of sp³-hybridized carbons (Fsp3) is 0.920. The molecule has 5 nitrogen and oxygen atoms in total. The van der Waals surface area contributed by atoms with Crippen LogP contribution >= 0.6 is 0 Å². The molecule has 30 heavy (non-hydrogen) atoms. The van der Waals surface area contributed by atoms with Crippen LogP contribution in [0.15, 0.2) is 12.2 Å². The lowest BCUT2D eigenvalue weighted by Crippen LogP contribution is -2.41. The number of rotatable bonds is 20. The van der Waals surface area contributed by atoms with Gasteiger partial charge in [0.2, 0.25) is 0 Å². The molecule has 0 aliphatic carbocycles. The predicted octanol–water partition coefficient (Wildman–Crippen LogP) is 4.91. The number of hydrogen-bond donors (Lipinski definition) is 3. The van der Waals surface area contributed by atoms with Gasteiger partial charge >= 0.3 is 0 Å². The predicted molar refractivity (Wildman–Crippen MR) is 123 cm³/mol. The van der Waals surface area contributed by atoms with E-state index < -0.39 is 31.0 Å². The van der Waals surface area contributed by atoms with E-state index in [0.29, 0.717) is 6.61 Å². The van der Waals surface area contributed by atoms with Gasteiger partial charge in [0.05, 0.1) is 13.2 Å². The largest absolute Gasteiger partial charge is 0.394 e. The van der Waals surface area contributed by atoms with Crippen molar-refractivity contribution in [3.8, 4) is 0 Å². The average molecular weight is 429 g/mol. The molecule has 0 amide bonds. The first-order chi connectivity index (χ1) is 14.7. The molecule has 0 saturated carbocycles. The minimum Gasteiger partial charge on any atom is -0.394 e. The molecule has 0 unspecified atom stereocenters. The molecule has 1 aliphatic heterocycles. The van der Waals surface area contributed by atoms with Crippen molar-refractivity contribution in [1.29, 1.82) is 0 Å². The van der Waals surface area contributed by atoms with Crippen molar-refractivity contribution in [1.82, 2.24) is 0 Å². The van der Waals surface area contributed by atoms with Crippen molar-refractivity contribution < 1.29 is 24.8 Å². The first kappa shape index (κ1) is 27.6. The van der Waals surface area contributed by atoms with Gasteiger partial charge in [-0.2, -0.15) is 0 Å². The summed E-state index contributed by atoms with van der Waals surface area (Å²) in [6, 6.07) is 0. The molecule has 0 radical (unpaired) electrons. The van der Waals surface area contributed by atoms with E-state index in [2.05, 4.69) is 19.1 Å². The van der Waals surface area contributed by atoms with Gasteiger partial charge < -0.3 is 24.8 Å². The normalized spacial score (nSPS) is 22.9. The van der Waals surface area contributed by atoms with Crippen LogP contribution in [0.4, 0.5) is 0 Å². The summed E-state index contributed by atoms with van der Waals surface area (Å²) in [5.74, 6) is 0. The lowest BCUT2D eigenvalue weighted by Gasteiger charge is -2.20. The Hall–Kier alpha value is -0.460. The van der Waals surface area contributed by atoms with Crippen molar-refractivity contribution >= 4 is 0 Å². The van der Waals surface area contributed by atoms with Gasteiger partial charge in [-0.15, -0.1) is 0 Å². The minimum atomic E-state index is -1.05. The molecule has 1 rings (SSSR count). The van der Waals surface area contributed by atoms with E-state index in [-0.39, 0.29) is 6.61 Å². The zero-order chi connectivity index (χ0) is 21.9. The Labute approximate surface area is 184 Å². The van der Waals surface area contributed by atoms with Gasteiger partial charge in [-0.05, 0) is 25.7 Å². The summed E-state index contributed by atoms with van der Waals surface area (Å²) >= 11 is 0. The van der Waals surface area contributed by atoms with E-state index in [0.717, 1.165) is 12.8 Å². The Balaban J connectivity index is 1.79. The van der Waals surface area contributed by atoms with E-state index in [9.17, 15) is 10.2 Å². The smallest absolute Gasteiger partial charge is 0.114 e. The van der Waals surface area contributed by atoms with E-state index >= 15 is 0 Å². The lowest BCUT2D eigenvalue weighted by molar-refractivity contribution is -0.0730. The Morgan fingerprint density at radius 1 is 0.867 bits per heavy atom. The highest BCUT2D eigenvalue weighted by Crippen LogP contribution is 2.20. The third-order valence-corrected chi connectivity index (χ3v) is 5.96. The SMILES string of the molecule is CCC/C=C/CCCCCCCCCCCCCCO[C@H]1CO[C@@H]([C@H](O)CO)[C@H]1O. The van der Waals surface area contributed by atoms with Crippen molar-refractivity contribution in [2.75, 3.05) is 19.8 Å². The molecular weight excluding hydrogens is 380 g/mol. The van der Waals surface area contributed by atoms with Crippen LogP contribution in [0.25, 0.3) is 0 Å². The van der Waals surface area contributed by atoms with E-state index in [1.54, 1.807) is 0 Å². The summed E-state index contributed by atoms with van der Waals surface area (Å²) in [5.41, 5.74) is 0. The quantitative estimate of drug-likeness (QED) is 0.190. The number of unbranched alkanes of at least 4 members (excludes halogenated alkanes) is 13. The second kappa shape index (κ2) is 19.2. The molecule has 4 atom stereocenters. The summed E-state index contributed by atoms with van der Waals surface area (Å²) in [7, 11) is 0. The van der Waals surface area contributed by atoms with Gasteiger partial charge in [-0.3, -0.25) is 0 Å². The Morgan fingerprint density at radius 2 is 1.40 bits per heavy atom. The fourth-order valence-corrected chi connectivity index (χ4v) is 3.97. The zero-order valence-corrected chi connectivity index (χ0v) is 19.4. The summed E-state index contributed by atoms with van der Waals surface area (Å²) in [6.45, 7) is 2.70. The molecule has 0 aromatic carbocycles. The number of allylic oxidation sites excluding steroid dienone is 2. The lowest BCUT2D eigenvalue weighted by atomic mass is 10.0. The van der Waals surface area contributed by atoms with Crippen molar-refractivity contribution in [2.45, 2.75) is 128 Å². The molecular formula is C25H48O5. The molecule has 1 aliphatic rings. The molecule has 1 heterocycles. The van der Waals surface area contributed by atoms with Crippen molar-refractivity contribution in [3.63, 3.8) is 0 Å². The van der Waals surface area contributed by atoms with Gasteiger partial charge in [0.25, 0.3) is 0 Å². The molecule has 0 spiro atoms. The molecule has 3 N–H and O–H groups in total.